The second-order valence-electron chi connectivity index (χ2n) is 5.14. The van der Waals surface area contributed by atoms with Crippen LogP contribution in [-0.2, 0) is 0 Å². The summed E-state index contributed by atoms with van der Waals surface area (Å²) < 4.78 is 0. The molecule has 0 aliphatic carbocycles. The highest BCUT2D eigenvalue weighted by molar-refractivity contribution is 5.89. The molecule has 2 aromatic carbocycles. The molecule has 3 rings (SSSR count). The summed E-state index contributed by atoms with van der Waals surface area (Å²) in [6, 6.07) is 15.0. The molecule has 1 nitrogen and oxygen atoms in total. The Morgan fingerprint density at radius 3 is 2.53 bits per heavy atom. The summed E-state index contributed by atoms with van der Waals surface area (Å²) in [7, 11) is 0. The lowest BCUT2D eigenvalue weighted by atomic mass is 9.97. The Labute approximate surface area is 113 Å². The zero-order valence-corrected chi connectivity index (χ0v) is 11.6. The van der Waals surface area contributed by atoms with Crippen LogP contribution in [0.3, 0.4) is 0 Å². The third-order valence-electron chi connectivity index (χ3n) is 3.70. The van der Waals surface area contributed by atoms with Crippen LogP contribution in [-0.4, -0.2) is 4.98 Å². The molecule has 0 N–H and O–H groups in total. The highest BCUT2D eigenvalue weighted by atomic mass is 14.7. The molecule has 1 heterocycles. The van der Waals surface area contributed by atoms with E-state index in [-0.39, 0.29) is 0 Å². The lowest BCUT2D eigenvalue weighted by Gasteiger charge is -2.11. The molecule has 0 fully saturated rings. The monoisotopic (exact) mass is 247 g/mol. The lowest BCUT2D eigenvalue weighted by molar-refractivity contribution is 1.28. The minimum Gasteiger partial charge on any atom is -0.255 e. The van der Waals surface area contributed by atoms with Crippen LogP contribution in [0.5, 0.6) is 0 Å². The van der Waals surface area contributed by atoms with Crippen LogP contribution in [0.25, 0.3) is 22.0 Å². The molecule has 1 heteroatoms. The van der Waals surface area contributed by atoms with Crippen LogP contribution < -0.4 is 0 Å². The van der Waals surface area contributed by atoms with Crippen LogP contribution >= 0.6 is 0 Å². The van der Waals surface area contributed by atoms with Crippen molar-refractivity contribution < 1.29 is 0 Å². The molecule has 0 spiro atoms. The first-order valence-electron chi connectivity index (χ1n) is 6.59. The fourth-order valence-corrected chi connectivity index (χ4v) is 2.57. The Bertz CT molecular complexity index is 757. The molecular formula is C18H17N. The van der Waals surface area contributed by atoms with E-state index in [9.17, 15) is 0 Å². The summed E-state index contributed by atoms with van der Waals surface area (Å²) in [5, 5.41) is 2.49. The van der Waals surface area contributed by atoms with Crippen LogP contribution in [0.4, 0.5) is 0 Å². The molecule has 1 aromatic heterocycles. The molecule has 3 aromatic rings. The number of aromatic nitrogens is 1. The number of fused-ring (bicyclic) bond motifs is 1. The van der Waals surface area contributed by atoms with Gasteiger partial charge in [0.05, 0.1) is 5.69 Å². The van der Waals surface area contributed by atoms with Gasteiger partial charge in [0.25, 0.3) is 0 Å². The highest BCUT2D eigenvalue weighted by Crippen LogP contribution is 2.29. The van der Waals surface area contributed by atoms with Gasteiger partial charge in [-0.3, -0.25) is 4.98 Å². The maximum Gasteiger partial charge on any atom is 0.0740 e. The van der Waals surface area contributed by atoms with E-state index in [1.165, 1.54) is 33.0 Å². The molecule has 0 radical (unpaired) electrons. The van der Waals surface area contributed by atoms with Crippen molar-refractivity contribution in [3.8, 4) is 11.3 Å². The third kappa shape index (κ3) is 2.01. The second kappa shape index (κ2) is 4.51. The van der Waals surface area contributed by atoms with E-state index in [1.54, 1.807) is 0 Å². The first-order chi connectivity index (χ1) is 9.16. The molecule has 0 bridgehead atoms. The Kier molecular flexibility index (Phi) is 2.83. The molecule has 19 heavy (non-hydrogen) atoms. The summed E-state index contributed by atoms with van der Waals surface area (Å²) in [6.07, 6.45) is 1.97. The van der Waals surface area contributed by atoms with E-state index in [1.807, 2.05) is 6.20 Å². The number of nitrogens with zero attached hydrogens (tertiary/aromatic N) is 1. The number of hydrogen-bond donors (Lipinski definition) is 0. The first kappa shape index (κ1) is 11.9. The molecule has 0 aliphatic rings. The molecule has 0 atom stereocenters. The van der Waals surface area contributed by atoms with Gasteiger partial charge >= 0.3 is 0 Å². The average molecular weight is 247 g/mol. The minimum atomic E-state index is 1.10. The van der Waals surface area contributed by atoms with Gasteiger partial charge in [0.2, 0.25) is 0 Å². The van der Waals surface area contributed by atoms with Gasteiger partial charge in [0.15, 0.2) is 0 Å². The number of hydrogen-bond acceptors (Lipinski definition) is 1. The molecule has 0 amide bonds. The van der Waals surface area contributed by atoms with Crippen molar-refractivity contribution in [3.05, 3.63) is 65.4 Å². The van der Waals surface area contributed by atoms with Gasteiger partial charge in [0.1, 0.15) is 0 Å². The molecule has 94 valence electrons. The van der Waals surface area contributed by atoms with Crippen molar-refractivity contribution in [2.24, 2.45) is 0 Å². The van der Waals surface area contributed by atoms with Crippen molar-refractivity contribution in [2.75, 3.05) is 0 Å². The Balaban J connectivity index is 2.31. The summed E-state index contributed by atoms with van der Waals surface area (Å²) in [5.41, 5.74) is 6.14. The smallest absolute Gasteiger partial charge is 0.0740 e. The summed E-state index contributed by atoms with van der Waals surface area (Å²) in [5.74, 6) is 0. The number of pyridine rings is 1. The molecule has 0 unspecified atom stereocenters. The third-order valence-corrected chi connectivity index (χ3v) is 3.70. The maximum atomic E-state index is 4.68. The summed E-state index contributed by atoms with van der Waals surface area (Å²) >= 11 is 0. The van der Waals surface area contributed by atoms with Crippen molar-refractivity contribution >= 4 is 10.8 Å². The van der Waals surface area contributed by atoms with E-state index in [0.29, 0.717) is 0 Å². The van der Waals surface area contributed by atoms with Crippen LogP contribution in [0.1, 0.15) is 16.7 Å². The van der Waals surface area contributed by atoms with Gasteiger partial charge in [-0.15, -0.1) is 0 Å². The normalized spacial score (nSPS) is 10.9. The highest BCUT2D eigenvalue weighted by Gasteiger charge is 2.09. The molecule has 0 saturated carbocycles. The summed E-state index contributed by atoms with van der Waals surface area (Å²) in [6.45, 7) is 6.43. The fraction of sp³-hybridized carbons (Fsp3) is 0.167. The second-order valence-corrected chi connectivity index (χ2v) is 5.14. The Morgan fingerprint density at radius 2 is 1.68 bits per heavy atom. The van der Waals surface area contributed by atoms with Crippen molar-refractivity contribution in [1.29, 1.82) is 0 Å². The largest absolute Gasteiger partial charge is 0.255 e. The minimum absolute atomic E-state index is 1.10. The van der Waals surface area contributed by atoms with Crippen LogP contribution in [0.15, 0.2) is 48.7 Å². The van der Waals surface area contributed by atoms with Crippen molar-refractivity contribution in [1.82, 2.24) is 4.98 Å². The van der Waals surface area contributed by atoms with E-state index in [4.69, 9.17) is 0 Å². The molecule has 0 aliphatic heterocycles. The average Bonchev–Trinajstić information content (AvgIpc) is 2.43. The summed E-state index contributed by atoms with van der Waals surface area (Å²) in [4.78, 5) is 4.68. The maximum absolute atomic E-state index is 4.68. The number of aryl methyl sites for hydroxylation is 3. The van der Waals surface area contributed by atoms with Gasteiger partial charge in [0, 0.05) is 17.1 Å². The topological polar surface area (TPSA) is 12.9 Å². The van der Waals surface area contributed by atoms with Crippen LogP contribution in [0, 0.1) is 20.8 Å². The van der Waals surface area contributed by atoms with Gasteiger partial charge in [-0.25, -0.2) is 0 Å². The number of benzene rings is 2. The Hall–Kier alpha value is -2.15. The van der Waals surface area contributed by atoms with Crippen LogP contribution in [0.2, 0.25) is 0 Å². The van der Waals surface area contributed by atoms with Gasteiger partial charge in [-0.05, 0) is 43.4 Å². The van der Waals surface area contributed by atoms with E-state index < -0.39 is 0 Å². The van der Waals surface area contributed by atoms with Gasteiger partial charge < -0.3 is 0 Å². The zero-order valence-electron chi connectivity index (χ0n) is 11.6. The van der Waals surface area contributed by atoms with Gasteiger partial charge in [-0.2, -0.15) is 0 Å². The molecular weight excluding hydrogens is 230 g/mol. The van der Waals surface area contributed by atoms with Gasteiger partial charge in [-0.1, -0.05) is 42.0 Å². The SMILES string of the molecule is Cc1ccc(C)c(-c2ncc3ccccc3c2C)c1. The fourth-order valence-electron chi connectivity index (χ4n) is 2.57. The molecule has 0 saturated heterocycles. The Morgan fingerprint density at radius 1 is 0.895 bits per heavy atom. The van der Waals surface area contributed by atoms with E-state index in [2.05, 4.69) is 68.2 Å². The standard InChI is InChI=1S/C18H17N/c1-12-8-9-13(2)17(10-12)18-14(3)16-7-5-4-6-15(16)11-19-18/h4-11H,1-3H3. The van der Waals surface area contributed by atoms with E-state index in [0.717, 1.165) is 5.69 Å². The van der Waals surface area contributed by atoms with Crippen molar-refractivity contribution in [3.63, 3.8) is 0 Å². The quantitative estimate of drug-likeness (QED) is 0.600. The predicted molar refractivity (Wildman–Crippen MR) is 81.4 cm³/mol. The van der Waals surface area contributed by atoms with Crippen molar-refractivity contribution in [2.45, 2.75) is 20.8 Å². The first-order valence-corrected chi connectivity index (χ1v) is 6.59. The number of rotatable bonds is 1. The lowest BCUT2D eigenvalue weighted by Crippen LogP contribution is -1.93. The van der Waals surface area contributed by atoms with E-state index >= 15 is 0 Å². The zero-order chi connectivity index (χ0) is 13.4. The predicted octanol–water partition coefficient (Wildman–Crippen LogP) is 4.83.